The molecule has 0 spiro atoms. The van der Waals surface area contributed by atoms with E-state index in [1.165, 1.54) is 11.3 Å². The molecule has 2 N–H and O–H groups in total. The van der Waals surface area contributed by atoms with Crippen LogP contribution in [0.2, 0.25) is 0 Å². The third-order valence-electron chi connectivity index (χ3n) is 5.04. The molecule has 0 aliphatic carbocycles. The van der Waals surface area contributed by atoms with E-state index in [1.54, 1.807) is 34.8 Å². The molecule has 8 nitrogen and oxygen atoms in total. The topological polar surface area (TPSA) is 108 Å². The zero-order valence-electron chi connectivity index (χ0n) is 15.9. The van der Waals surface area contributed by atoms with Crippen molar-refractivity contribution in [2.24, 2.45) is 0 Å². The monoisotopic (exact) mass is 434 g/mol. The second-order valence-electron chi connectivity index (χ2n) is 7.01. The molecule has 0 unspecified atom stereocenters. The van der Waals surface area contributed by atoms with Gasteiger partial charge in [-0.15, -0.1) is 11.3 Å². The average molecular weight is 435 g/mol. The Kier molecular flexibility index (Phi) is 5.57. The molecule has 1 aliphatic heterocycles. The van der Waals surface area contributed by atoms with Crippen molar-refractivity contribution in [3.63, 3.8) is 0 Å². The molecular weight excluding hydrogens is 412 g/mol. The lowest BCUT2D eigenvalue weighted by molar-refractivity contribution is 0.0943. The lowest BCUT2D eigenvalue weighted by Crippen LogP contribution is -2.37. The zero-order valence-corrected chi connectivity index (χ0v) is 17.6. The Morgan fingerprint density at radius 3 is 2.79 bits per heavy atom. The number of thiophene rings is 1. The summed E-state index contributed by atoms with van der Waals surface area (Å²) in [6.45, 7) is 3.09. The number of carbonyl (C=O) groups is 1. The summed E-state index contributed by atoms with van der Waals surface area (Å²) in [5.41, 5.74) is 1.17. The van der Waals surface area contributed by atoms with Gasteiger partial charge in [0.25, 0.3) is 15.9 Å². The van der Waals surface area contributed by atoms with Crippen LogP contribution in [0.4, 0.5) is 0 Å². The van der Waals surface area contributed by atoms with E-state index < -0.39 is 10.0 Å². The van der Waals surface area contributed by atoms with E-state index in [9.17, 15) is 13.2 Å². The SMILES string of the molecule is Cc1ccc(S(=O)(=O)N2CCC(c3cc(C(=O)NCc4ccco4)n[nH]3)CC2)s1. The molecule has 0 aromatic carbocycles. The number of carbonyl (C=O) groups excluding carboxylic acids is 1. The number of amides is 1. The Bertz CT molecular complexity index is 1080. The predicted octanol–water partition coefficient (Wildman–Crippen LogP) is 2.87. The Hall–Kier alpha value is -2.43. The molecule has 154 valence electrons. The van der Waals surface area contributed by atoms with E-state index in [0.29, 0.717) is 48.1 Å². The van der Waals surface area contributed by atoms with E-state index in [0.717, 1.165) is 10.6 Å². The quantitative estimate of drug-likeness (QED) is 0.620. The van der Waals surface area contributed by atoms with Crippen molar-refractivity contribution < 1.29 is 17.6 Å². The van der Waals surface area contributed by atoms with E-state index in [1.807, 2.05) is 13.0 Å². The third-order valence-corrected chi connectivity index (χ3v) is 8.40. The van der Waals surface area contributed by atoms with Crippen molar-refractivity contribution in [1.82, 2.24) is 19.8 Å². The number of nitrogens with one attached hydrogen (secondary N) is 2. The Balaban J connectivity index is 1.35. The van der Waals surface area contributed by atoms with Gasteiger partial charge in [0.1, 0.15) is 15.7 Å². The molecule has 3 aromatic heterocycles. The maximum atomic E-state index is 12.8. The van der Waals surface area contributed by atoms with Crippen LogP contribution in [0, 0.1) is 6.92 Å². The molecule has 0 bridgehead atoms. The summed E-state index contributed by atoms with van der Waals surface area (Å²) in [7, 11) is -3.43. The van der Waals surface area contributed by atoms with Gasteiger partial charge in [0.15, 0.2) is 0 Å². The molecule has 4 heterocycles. The highest BCUT2D eigenvalue weighted by atomic mass is 32.2. The van der Waals surface area contributed by atoms with Crippen LogP contribution >= 0.6 is 11.3 Å². The fourth-order valence-corrected chi connectivity index (χ4v) is 6.33. The highest BCUT2D eigenvalue weighted by molar-refractivity contribution is 7.91. The number of furan rings is 1. The van der Waals surface area contributed by atoms with Crippen molar-refractivity contribution >= 4 is 27.3 Å². The standard InChI is InChI=1S/C19H22N4O4S2/c1-13-4-5-18(28-13)29(25,26)23-8-6-14(7-9-23)16-11-17(22-21-16)19(24)20-12-15-3-2-10-27-15/h2-5,10-11,14H,6-9,12H2,1H3,(H,20,24)(H,21,22). The first-order valence-electron chi connectivity index (χ1n) is 9.36. The number of hydrogen-bond acceptors (Lipinski definition) is 6. The summed E-state index contributed by atoms with van der Waals surface area (Å²) >= 11 is 1.30. The maximum absolute atomic E-state index is 12.8. The zero-order chi connectivity index (χ0) is 20.4. The number of aryl methyl sites for hydroxylation is 1. The van der Waals surface area contributed by atoms with Crippen LogP contribution in [0.25, 0.3) is 0 Å². The highest BCUT2D eigenvalue weighted by Crippen LogP contribution is 2.32. The van der Waals surface area contributed by atoms with E-state index in [-0.39, 0.29) is 11.8 Å². The number of piperidine rings is 1. The van der Waals surface area contributed by atoms with Gasteiger partial charge in [-0.2, -0.15) is 9.40 Å². The van der Waals surface area contributed by atoms with Gasteiger partial charge in [0.2, 0.25) is 0 Å². The van der Waals surface area contributed by atoms with Gasteiger partial charge in [-0.05, 0) is 50.1 Å². The number of hydrogen-bond donors (Lipinski definition) is 2. The molecular formula is C19H22N4O4S2. The number of aromatic nitrogens is 2. The Morgan fingerprint density at radius 1 is 1.34 bits per heavy atom. The van der Waals surface area contributed by atoms with Crippen molar-refractivity contribution in [2.75, 3.05) is 13.1 Å². The van der Waals surface area contributed by atoms with E-state index in [2.05, 4.69) is 15.5 Å². The minimum absolute atomic E-state index is 0.144. The van der Waals surface area contributed by atoms with Crippen LogP contribution < -0.4 is 5.32 Å². The first-order valence-corrected chi connectivity index (χ1v) is 11.6. The van der Waals surface area contributed by atoms with Crippen molar-refractivity contribution in [2.45, 2.75) is 36.4 Å². The van der Waals surface area contributed by atoms with Gasteiger partial charge in [-0.1, -0.05) is 0 Å². The normalized spacial score (nSPS) is 16.2. The third kappa shape index (κ3) is 4.29. The van der Waals surface area contributed by atoms with Gasteiger partial charge >= 0.3 is 0 Å². The largest absolute Gasteiger partial charge is 0.467 e. The Labute approximate surface area is 173 Å². The second-order valence-corrected chi connectivity index (χ2v) is 10.5. The highest BCUT2D eigenvalue weighted by Gasteiger charge is 2.31. The minimum Gasteiger partial charge on any atom is -0.467 e. The van der Waals surface area contributed by atoms with Crippen molar-refractivity contribution in [1.29, 1.82) is 0 Å². The average Bonchev–Trinajstić information content (AvgIpc) is 3.47. The summed E-state index contributed by atoms with van der Waals surface area (Å²) in [4.78, 5) is 13.2. The molecule has 4 rings (SSSR count). The van der Waals surface area contributed by atoms with Crippen LogP contribution in [0.5, 0.6) is 0 Å². The first-order chi connectivity index (χ1) is 13.9. The first kappa shape index (κ1) is 19.9. The van der Waals surface area contributed by atoms with Gasteiger partial charge in [-0.25, -0.2) is 8.42 Å². The number of aromatic amines is 1. The molecule has 0 radical (unpaired) electrons. The van der Waals surface area contributed by atoms with Gasteiger partial charge in [-0.3, -0.25) is 9.89 Å². The van der Waals surface area contributed by atoms with Crippen LogP contribution in [0.15, 0.2) is 45.2 Å². The van der Waals surface area contributed by atoms with Gasteiger partial charge in [0, 0.05) is 29.6 Å². The number of H-pyrrole nitrogens is 1. The molecule has 1 amide bonds. The van der Waals surface area contributed by atoms with Crippen LogP contribution in [0.3, 0.4) is 0 Å². The van der Waals surface area contributed by atoms with E-state index in [4.69, 9.17) is 4.42 Å². The number of sulfonamides is 1. The summed E-state index contributed by atoms with van der Waals surface area (Å²) in [6, 6.07) is 8.79. The minimum atomic E-state index is -3.43. The molecule has 1 fully saturated rings. The molecule has 3 aromatic rings. The Morgan fingerprint density at radius 2 is 2.14 bits per heavy atom. The summed E-state index contributed by atoms with van der Waals surface area (Å²) in [5, 5.41) is 9.81. The number of rotatable bonds is 6. The summed E-state index contributed by atoms with van der Waals surface area (Å²) in [6.07, 6.45) is 2.92. The summed E-state index contributed by atoms with van der Waals surface area (Å²) in [5.74, 6) is 0.534. The molecule has 0 saturated carbocycles. The van der Waals surface area contributed by atoms with Crippen molar-refractivity contribution in [3.05, 3.63) is 58.6 Å². The lowest BCUT2D eigenvalue weighted by atomic mass is 9.94. The van der Waals surface area contributed by atoms with Crippen LogP contribution in [-0.2, 0) is 16.6 Å². The fourth-order valence-electron chi connectivity index (χ4n) is 3.42. The predicted molar refractivity (Wildman–Crippen MR) is 108 cm³/mol. The maximum Gasteiger partial charge on any atom is 0.272 e. The van der Waals surface area contributed by atoms with Crippen molar-refractivity contribution in [3.8, 4) is 0 Å². The second kappa shape index (κ2) is 8.13. The molecule has 1 saturated heterocycles. The number of nitrogens with zero attached hydrogens (tertiary/aromatic N) is 2. The summed E-state index contributed by atoms with van der Waals surface area (Å²) < 4.78 is 32.7. The van der Waals surface area contributed by atoms with Gasteiger partial charge in [0.05, 0.1) is 12.8 Å². The van der Waals surface area contributed by atoms with Crippen LogP contribution in [-0.4, -0.2) is 41.9 Å². The molecule has 1 aliphatic rings. The van der Waals surface area contributed by atoms with E-state index >= 15 is 0 Å². The lowest BCUT2D eigenvalue weighted by Gasteiger charge is -2.30. The van der Waals surface area contributed by atoms with Crippen LogP contribution in [0.1, 0.15) is 45.6 Å². The smallest absolute Gasteiger partial charge is 0.272 e. The molecule has 10 heteroatoms. The van der Waals surface area contributed by atoms with Gasteiger partial charge < -0.3 is 9.73 Å². The fraction of sp³-hybridized carbons (Fsp3) is 0.368. The molecule has 29 heavy (non-hydrogen) atoms. The molecule has 0 atom stereocenters.